The fourth-order valence-electron chi connectivity index (χ4n) is 1.42. The van der Waals surface area contributed by atoms with Crippen molar-refractivity contribution in [2.24, 2.45) is 0 Å². The molecular weight excluding hydrogens is 208 g/mol. The number of nitrogens with one attached hydrogen (secondary N) is 1. The van der Waals surface area contributed by atoms with Crippen molar-refractivity contribution in [3.8, 4) is 0 Å². The molecule has 0 aliphatic carbocycles. The van der Waals surface area contributed by atoms with Crippen LogP contribution in [0.3, 0.4) is 0 Å². The Labute approximate surface area is 94.2 Å². The highest BCUT2D eigenvalue weighted by molar-refractivity contribution is 5.95. The summed E-state index contributed by atoms with van der Waals surface area (Å²) in [4.78, 5) is 11.0. The predicted molar refractivity (Wildman–Crippen MR) is 62.8 cm³/mol. The molecule has 1 aromatic rings. The number of rotatable bonds is 5. The molecule has 1 aromatic carbocycles. The molecule has 5 nitrogen and oxygen atoms in total. The van der Waals surface area contributed by atoms with Crippen LogP contribution in [-0.2, 0) is 4.74 Å². The van der Waals surface area contributed by atoms with Gasteiger partial charge in [0, 0.05) is 18.8 Å². The van der Waals surface area contributed by atoms with Crippen LogP contribution in [0.25, 0.3) is 0 Å². The summed E-state index contributed by atoms with van der Waals surface area (Å²) in [5.74, 6) is -0.980. The predicted octanol–water partition coefficient (Wildman–Crippen LogP) is 1.41. The summed E-state index contributed by atoms with van der Waals surface area (Å²) < 4.78 is 4.97. The number of ether oxygens (including phenoxy) is 1. The third kappa shape index (κ3) is 3.13. The number of aromatic carboxylic acids is 1. The monoisotopic (exact) mass is 224 g/mol. The Bertz CT molecular complexity index is 379. The summed E-state index contributed by atoms with van der Waals surface area (Å²) in [6.45, 7) is 2.40. The third-order valence-corrected chi connectivity index (χ3v) is 2.09. The van der Waals surface area contributed by atoms with Gasteiger partial charge in [0.1, 0.15) is 0 Å². The van der Waals surface area contributed by atoms with Gasteiger partial charge in [-0.25, -0.2) is 4.79 Å². The number of carboxylic acid groups (broad SMARTS) is 1. The van der Waals surface area contributed by atoms with Gasteiger partial charge in [-0.05, 0) is 25.1 Å². The largest absolute Gasteiger partial charge is 0.478 e. The Balaban J connectivity index is 2.92. The molecule has 0 spiro atoms. The lowest BCUT2D eigenvalue weighted by molar-refractivity contribution is 0.0698. The average Bonchev–Trinajstić information content (AvgIpc) is 2.17. The zero-order valence-corrected chi connectivity index (χ0v) is 9.36. The minimum absolute atomic E-state index is 0.0184. The molecule has 0 amide bonds. The molecule has 0 aliphatic heterocycles. The van der Waals surface area contributed by atoms with Gasteiger partial charge >= 0.3 is 5.97 Å². The highest BCUT2D eigenvalue weighted by Crippen LogP contribution is 2.20. The van der Waals surface area contributed by atoms with Gasteiger partial charge in [-0.1, -0.05) is 0 Å². The molecule has 0 bridgehead atoms. The van der Waals surface area contributed by atoms with E-state index in [1.807, 2.05) is 6.92 Å². The van der Waals surface area contributed by atoms with E-state index in [1.54, 1.807) is 19.2 Å². The van der Waals surface area contributed by atoms with E-state index in [0.717, 1.165) is 0 Å². The number of nitrogens with two attached hydrogens (primary N) is 1. The van der Waals surface area contributed by atoms with Crippen molar-refractivity contribution in [1.82, 2.24) is 0 Å². The van der Waals surface area contributed by atoms with Crippen molar-refractivity contribution in [3.05, 3.63) is 23.8 Å². The summed E-state index contributed by atoms with van der Waals surface area (Å²) in [7, 11) is 1.59. The number of benzene rings is 1. The molecule has 0 aromatic heterocycles. The zero-order valence-electron chi connectivity index (χ0n) is 9.36. The molecule has 16 heavy (non-hydrogen) atoms. The molecule has 0 saturated heterocycles. The van der Waals surface area contributed by atoms with E-state index >= 15 is 0 Å². The van der Waals surface area contributed by atoms with E-state index in [0.29, 0.717) is 18.0 Å². The number of methoxy groups -OCH3 is 1. The standard InChI is InChI=1S/C11H16N2O3/c1-7(6-16-2)13-10-5-8(12)3-4-9(10)11(14)15/h3-5,7,13H,6,12H2,1-2H3,(H,14,15). The Morgan fingerprint density at radius 3 is 2.88 bits per heavy atom. The van der Waals surface area contributed by atoms with Gasteiger partial charge in [0.2, 0.25) is 0 Å². The highest BCUT2D eigenvalue weighted by atomic mass is 16.5. The second-order valence-electron chi connectivity index (χ2n) is 3.61. The lowest BCUT2D eigenvalue weighted by Crippen LogP contribution is -2.22. The van der Waals surface area contributed by atoms with E-state index < -0.39 is 5.97 Å². The van der Waals surface area contributed by atoms with Crippen LogP contribution in [0.2, 0.25) is 0 Å². The van der Waals surface area contributed by atoms with Crippen LogP contribution in [0.15, 0.2) is 18.2 Å². The van der Waals surface area contributed by atoms with Gasteiger partial charge in [0.15, 0.2) is 0 Å². The Hall–Kier alpha value is -1.75. The van der Waals surface area contributed by atoms with Crippen molar-refractivity contribution in [1.29, 1.82) is 0 Å². The summed E-state index contributed by atoms with van der Waals surface area (Å²) in [6.07, 6.45) is 0. The number of hydrogen-bond acceptors (Lipinski definition) is 4. The first-order chi connectivity index (χ1) is 7.54. The number of carbonyl (C=O) groups is 1. The van der Waals surface area contributed by atoms with Gasteiger partial charge < -0.3 is 20.9 Å². The molecule has 0 heterocycles. The number of hydrogen-bond donors (Lipinski definition) is 3. The maximum absolute atomic E-state index is 11.0. The normalized spacial score (nSPS) is 12.1. The van der Waals surface area contributed by atoms with Gasteiger partial charge in [0.05, 0.1) is 17.9 Å². The van der Waals surface area contributed by atoms with E-state index in [9.17, 15) is 4.79 Å². The summed E-state index contributed by atoms with van der Waals surface area (Å²) >= 11 is 0. The fourth-order valence-corrected chi connectivity index (χ4v) is 1.42. The fraction of sp³-hybridized carbons (Fsp3) is 0.364. The minimum atomic E-state index is -0.980. The van der Waals surface area contributed by atoms with Crippen LogP contribution >= 0.6 is 0 Å². The molecule has 1 unspecified atom stereocenters. The quantitative estimate of drug-likeness (QED) is 0.658. The Kier molecular flexibility index (Phi) is 4.13. The maximum atomic E-state index is 11.0. The first kappa shape index (κ1) is 12.3. The first-order valence-corrected chi connectivity index (χ1v) is 4.93. The molecule has 5 heteroatoms. The molecular formula is C11H16N2O3. The Morgan fingerprint density at radius 1 is 1.62 bits per heavy atom. The van der Waals surface area contributed by atoms with Crippen LogP contribution in [0.4, 0.5) is 11.4 Å². The van der Waals surface area contributed by atoms with E-state index in [1.165, 1.54) is 6.07 Å². The van der Waals surface area contributed by atoms with Crippen molar-refractivity contribution in [2.45, 2.75) is 13.0 Å². The van der Waals surface area contributed by atoms with Crippen molar-refractivity contribution in [2.75, 3.05) is 24.8 Å². The molecule has 1 atom stereocenters. The Morgan fingerprint density at radius 2 is 2.31 bits per heavy atom. The van der Waals surface area contributed by atoms with Gasteiger partial charge in [-0.3, -0.25) is 0 Å². The van der Waals surface area contributed by atoms with Crippen LogP contribution in [0.5, 0.6) is 0 Å². The molecule has 1 rings (SSSR count). The lowest BCUT2D eigenvalue weighted by Gasteiger charge is -2.16. The van der Waals surface area contributed by atoms with Crippen LogP contribution in [0, 0.1) is 0 Å². The van der Waals surface area contributed by atoms with Crippen molar-refractivity contribution in [3.63, 3.8) is 0 Å². The van der Waals surface area contributed by atoms with Gasteiger partial charge in [-0.2, -0.15) is 0 Å². The molecule has 0 saturated carbocycles. The molecule has 88 valence electrons. The molecule has 0 fully saturated rings. The summed E-state index contributed by atoms with van der Waals surface area (Å²) in [5.41, 5.74) is 6.86. The zero-order chi connectivity index (χ0) is 12.1. The molecule has 0 aliphatic rings. The average molecular weight is 224 g/mol. The van der Waals surface area contributed by atoms with E-state index in [4.69, 9.17) is 15.6 Å². The second-order valence-corrected chi connectivity index (χ2v) is 3.61. The smallest absolute Gasteiger partial charge is 0.337 e. The van der Waals surface area contributed by atoms with Crippen molar-refractivity contribution < 1.29 is 14.6 Å². The summed E-state index contributed by atoms with van der Waals surface area (Å²) in [6, 6.07) is 4.68. The minimum Gasteiger partial charge on any atom is -0.478 e. The number of carboxylic acids is 1. The number of nitrogen functional groups attached to an aromatic ring is 1. The molecule has 4 N–H and O–H groups in total. The lowest BCUT2D eigenvalue weighted by atomic mass is 10.1. The molecule has 0 radical (unpaired) electrons. The van der Waals surface area contributed by atoms with E-state index in [2.05, 4.69) is 5.32 Å². The van der Waals surface area contributed by atoms with Gasteiger partial charge in [0.25, 0.3) is 0 Å². The number of anilines is 2. The SMILES string of the molecule is COCC(C)Nc1cc(N)ccc1C(=O)O. The van der Waals surface area contributed by atoms with Crippen LogP contribution < -0.4 is 11.1 Å². The third-order valence-electron chi connectivity index (χ3n) is 2.09. The summed E-state index contributed by atoms with van der Waals surface area (Å²) in [5, 5.41) is 12.0. The van der Waals surface area contributed by atoms with Crippen LogP contribution in [-0.4, -0.2) is 30.8 Å². The maximum Gasteiger partial charge on any atom is 0.337 e. The van der Waals surface area contributed by atoms with Crippen LogP contribution in [0.1, 0.15) is 17.3 Å². The first-order valence-electron chi connectivity index (χ1n) is 4.93. The highest BCUT2D eigenvalue weighted by Gasteiger charge is 2.12. The van der Waals surface area contributed by atoms with Gasteiger partial charge in [-0.15, -0.1) is 0 Å². The topological polar surface area (TPSA) is 84.6 Å². The van der Waals surface area contributed by atoms with E-state index in [-0.39, 0.29) is 11.6 Å². The van der Waals surface area contributed by atoms with Crippen molar-refractivity contribution >= 4 is 17.3 Å². The second kappa shape index (κ2) is 5.37.